The maximum absolute atomic E-state index is 11.2. The lowest BCUT2D eigenvalue weighted by Crippen LogP contribution is -2.12. The summed E-state index contributed by atoms with van der Waals surface area (Å²) in [5, 5.41) is 0. The third-order valence-corrected chi connectivity index (χ3v) is 3.01. The number of hydrogen-bond donors (Lipinski definition) is 0. The van der Waals surface area contributed by atoms with E-state index in [9.17, 15) is 19.2 Å². The second kappa shape index (κ2) is 11.5. The fraction of sp³-hybridized carbons (Fsp3) is 0.444. The maximum Gasteiger partial charge on any atom is 0.228 e. The first kappa shape index (κ1) is 19.9. The van der Waals surface area contributed by atoms with E-state index in [1.165, 1.54) is 6.92 Å². The molecule has 0 aliphatic carbocycles. The van der Waals surface area contributed by atoms with Crippen molar-refractivity contribution in [3.63, 3.8) is 0 Å². The highest BCUT2D eigenvalue weighted by Gasteiger charge is 2.12. The monoisotopic (exact) mass is 304 g/mol. The molecular weight excluding hydrogens is 280 g/mol. The summed E-state index contributed by atoms with van der Waals surface area (Å²) in [5.41, 5.74) is 0.476. The molecule has 0 aliphatic rings. The molecule has 0 saturated carbocycles. The van der Waals surface area contributed by atoms with E-state index in [-0.39, 0.29) is 23.8 Å². The summed E-state index contributed by atoms with van der Waals surface area (Å²) in [6.45, 7) is 5.08. The zero-order valence-electron chi connectivity index (χ0n) is 13.6. The van der Waals surface area contributed by atoms with Gasteiger partial charge >= 0.3 is 0 Å². The average Bonchev–Trinajstić information content (AvgIpc) is 2.54. The van der Waals surface area contributed by atoms with Crippen LogP contribution in [0.2, 0.25) is 0 Å². The Hall–Kier alpha value is -2.10. The molecule has 0 N–H and O–H groups in total. The maximum atomic E-state index is 11.2. The van der Waals surface area contributed by atoms with Crippen LogP contribution in [0.25, 0.3) is 0 Å². The quantitative estimate of drug-likeness (QED) is 0.418. The summed E-state index contributed by atoms with van der Waals surface area (Å²) in [5.74, 6) is -1.26. The number of hydrogen-bond acceptors (Lipinski definition) is 4. The lowest BCUT2D eigenvalue weighted by Gasteiger charge is -1.95. The minimum absolute atomic E-state index is 0.228. The van der Waals surface area contributed by atoms with Crippen molar-refractivity contribution < 1.29 is 19.2 Å². The van der Waals surface area contributed by atoms with Gasteiger partial charge in [0.1, 0.15) is 0 Å². The molecule has 0 unspecified atom stereocenters. The molecule has 0 bridgehead atoms. The van der Waals surface area contributed by atoms with Crippen molar-refractivity contribution in [2.24, 2.45) is 0 Å². The predicted octanol–water partition coefficient (Wildman–Crippen LogP) is 3.57. The molecule has 0 aliphatic heterocycles. The number of Topliss-reactive ketones (excluding diaryl/α,β-unsaturated/α-hetero) is 4. The van der Waals surface area contributed by atoms with E-state index < -0.39 is 5.78 Å². The first-order chi connectivity index (χ1) is 10.4. The molecule has 0 amide bonds. The summed E-state index contributed by atoms with van der Waals surface area (Å²) in [7, 11) is 0. The Kier molecular flexibility index (Phi) is 10.4. The van der Waals surface area contributed by atoms with Gasteiger partial charge in [-0.05, 0) is 6.42 Å². The molecule has 0 radical (unpaired) electrons. The lowest BCUT2D eigenvalue weighted by molar-refractivity contribution is -0.135. The topological polar surface area (TPSA) is 68.3 Å². The van der Waals surface area contributed by atoms with Crippen LogP contribution in [0.15, 0.2) is 30.3 Å². The van der Waals surface area contributed by atoms with Gasteiger partial charge in [0, 0.05) is 25.3 Å². The van der Waals surface area contributed by atoms with Gasteiger partial charge < -0.3 is 0 Å². The fourth-order valence-electron chi connectivity index (χ4n) is 1.62. The van der Waals surface area contributed by atoms with Gasteiger partial charge in [0.15, 0.2) is 11.6 Å². The van der Waals surface area contributed by atoms with Crippen LogP contribution in [0.5, 0.6) is 0 Å². The van der Waals surface area contributed by atoms with Crippen molar-refractivity contribution in [2.45, 2.75) is 52.9 Å². The highest BCUT2D eigenvalue weighted by molar-refractivity contribution is 6.43. The van der Waals surface area contributed by atoms with Gasteiger partial charge in [-0.15, -0.1) is 0 Å². The Bertz CT molecular complexity index is 503. The highest BCUT2D eigenvalue weighted by atomic mass is 16.2. The van der Waals surface area contributed by atoms with Crippen LogP contribution in [0, 0.1) is 0 Å². The Balaban J connectivity index is 0.000000409. The van der Waals surface area contributed by atoms with E-state index in [4.69, 9.17) is 0 Å². The van der Waals surface area contributed by atoms with E-state index in [0.717, 1.165) is 19.3 Å². The normalized spacial score (nSPS) is 9.41. The zero-order valence-corrected chi connectivity index (χ0v) is 13.6. The van der Waals surface area contributed by atoms with Gasteiger partial charge in [-0.25, -0.2) is 0 Å². The Morgan fingerprint density at radius 2 is 1.45 bits per heavy atom. The largest absolute Gasteiger partial charge is 0.291 e. The van der Waals surface area contributed by atoms with Crippen LogP contribution >= 0.6 is 0 Å². The standard InChI is InChI=1S/C10H10O2.C8H14O2/c1-2-9(11)10(12)8-6-4-3-5-7-8;1-3-4-5-6-8(10)7(2)9/h3-7H,2H2,1H3;3-6H2,1-2H3. The second-order valence-corrected chi connectivity index (χ2v) is 4.91. The molecule has 120 valence electrons. The van der Waals surface area contributed by atoms with E-state index in [2.05, 4.69) is 6.92 Å². The van der Waals surface area contributed by atoms with E-state index >= 15 is 0 Å². The Morgan fingerprint density at radius 1 is 0.864 bits per heavy atom. The number of ketones is 4. The van der Waals surface area contributed by atoms with Crippen molar-refractivity contribution in [1.82, 2.24) is 0 Å². The van der Waals surface area contributed by atoms with Gasteiger partial charge in [0.2, 0.25) is 11.6 Å². The molecule has 1 aromatic carbocycles. The molecular formula is C18H24O4. The highest BCUT2D eigenvalue weighted by Crippen LogP contribution is 2.01. The number of carbonyl (C=O) groups excluding carboxylic acids is 4. The van der Waals surface area contributed by atoms with E-state index in [1.807, 2.05) is 6.07 Å². The van der Waals surface area contributed by atoms with Crippen molar-refractivity contribution in [3.05, 3.63) is 35.9 Å². The molecule has 1 aromatic rings. The Labute approximate surface area is 131 Å². The Morgan fingerprint density at radius 3 is 1.91 bits per heavy atom. The molecule has 4 heteroatoms. The summed E-state index contributed by atoms with van der Waals surface area (Å²) in [6.07, 6.45) is 3.69. The van der Waals surface area contributed by atoms with Gasteiger partial charge in [-0.2, -0.15) is 0 Å². The van der Waals surface area contributed by atoms with Crippen LogP contribution in [0.4, 0.5) is 0 Å². The van der Waals surface area contributed by atoms with Crippen LogP contribution < -0.4 is 0 Å². The second-order valence-electron chi connectivity index (χ2n) is 4.91. The fourth-order valence-corrected chi connectivity index (χ4v) is 1.62. The van der Waals surface area contributed by atoms with Crippen LogP contribution in [-0.2, 0) is 14.4 Å². The van der Waals surface area contributed by atoms with Crippen LogP contribution in [0.3, 0.4) is 0 Å². The summed E-state index contributed by atoms with van der Waals surface area (Å²) in [4.78, 5) is 43.2. The SMILES string of the molecule is CCC(=O)C(=O)c1ccccc1.CCCCCC(=O)C(C)=O. The van der Waals surface area contributed by atoms with Crippen LogP contribution in [0.1, 0.15) is 63.2 Å². The average molecular weight is 304 g/mol. The zero-order chi connectivity index (χ0) is 17.0. The van der Waals surface area contributed by atoms with E-state index in [1.54, 1.807) is 31.2 Å². The first-order valence-corrected chi connectivity index (χ1v) is 7.60. The van der Waals surface area contributed by atoms with Crippen molar-refractivity contribution in [1.29, 1.82) is 0 Å². The molecule has 0 aromatic heterocycles. The van der Waals surface area contributed by atoms with Gasteiger partial charge in [-0.3, -0.25) is 19.2 Å². The number of carbonyl (C=O) groups is 4. The van der Waals surface area contributed by atoms with Crippen molar-refractivity contribution in [2.75, 3.05) is 0 Å². The van der Waals surface area contributed by atoms with Gasteiger partial charge in [0.05, 0.1) is 0 Å². The van der Waals surface area contributed by atoms with Gasteiger partial charge in [0.25, 0.3) is 0 Å². The van der Waals surface area contributed by atoms with E-state index in [0.29, 0.717) is 12.0 Å². The predicted molar refractivity (Wildman–Crippen MR) is 85.9 cm³/mol. The first-order valence-electron chi connectivity index (χ1n) is 7.60. The summed E-state index contributed by atoms with van der Waals surface area (Å²) in [6, 6.07) is 8.60. The smallest absolute Gasteiger partial charge is 0.228 e. The number of benzene rings is 1. The lowest BCUT2D eigenvalue weighted by atomic mass is 10.1. The molecule has 22 heavy (non-hydrogen) atoms. The minimum Gasteiger partial charge on any atom is -0.291 e. The van der Waals surface area contributed by atoms with Crippen molar-refractivity contribution >= 4 is 23.1 Å². The third kappa shape index (κ3) is 8.25. The number of unbranched alkanes of at least 4 members (excludes halogenated alkanes) is 2. The summed E-state index contributed by atoms with van der Waals surface area (Å²) < 4.78 is 0. The molecule has 0 fully saturated rings. The van der Waals surface area contributed by atoms with Crippen molar-refractivity contribution in [3.8, 4) is 0 Å². The molecule has 4 nitrogen and oxygen atoms in total. The molecule has 0 heterocycles. The molecule has 1 rings (SSSR count). The number of rotatable bonds is 8. The van der Waals surface area contributed by atoms with Gasteiger partial charge in [-0.1, -0.05) is 57.0 Å². The molecule has 0 saturated heterocycles. The molecule has 0 spiro atoms. The third-order valence-electron chi connectivity index (χ3n) is 3.01. The summed E-state index contributed by atoms with van der Waals surface area (Å²) >= 11 is 0. The molecule has 0 atom stereocenters. The van der Waals surface area contributed by atoms with Crippen LogP contribution in [-0.4, -0.2) is 23.1 Å². The minimum atomic E-state index is -0.391.